The molecule has 1 N–H and O–H groups in total. The van der Waals surface area contributed by atoms with E-state index in [4.69, 9.17) is 11.6 Å². The lowest BCUT2D eigenvalue weighted by molar-refractivity contribution is 0.595. The fourth-order valence-corrected chi connectivity index (χ4v) is 3.55. The Bertz CT molecular complexity index is 1030. The number of hydrogen-bond donors (Lipinski definition) is 1. The van der Waals surface area contributed by atoms with Crippen LogP contribution in [0.15, 0.2) is 63.2 Å². The van der Waals surface area contributed by atoms with Gasteiger partial charge in [-0.1, -0.05) is 11.6 Å². The Morgan fingerprint density at radius 1 is 1.05 bits per heavy atom. The number of hydrogen-bond acceptors (Lipinski definition) is 3. The number of H-pyrrole nitrogens is 1. The molecule has 0 unspecified atom stereocenters. The minimum atomic E-state index is -4.02. The first-order valence-electron chi connectivity index (χ1n) is 6.21. The lowest BCUT2D eigenvalue weighted by atomic mass is 10.2. The molecule has 0 aliphatic rings. The molecule has 22 heavy (non-hydrogen) atoms. The van der Waals surface area contributed by atoms with Crippen molar-refractivity contribution in [1.82, 2.24) is 4.98 Å². The van der Waals surface area contributed by atoms with Crippen LogP contribution in [0, 0.1) is 5.82 Å². The van der Waals surface area contributed by atoms with Gasteiger partial charge in [-0.25, -0.2) is 12.8 Å². The Balaban J connectivity index is 2.27. The zero-order valence-electron chi connectivity index (χ0n) is 11.0. The summed E-state index contributed by atoms with van der Waals surface area (Å²) in [7, 11) is -4.02. The van der Waals surface area contributed by atoms with Gasteiger partial charge in [0.1, 0.15) is 10.7 Å². The molecule has 7 heteroatoms. The van der Waals surface area contributed by atoms with Crippen LogP contribution in [0.2, 0.25) is 5.02 Å². The largest absolute Gasteiger partial charge is 0.360 e. The molecule has 0 fully saturated rings. The zero-order valence-corrected chi connectivity index (χ0v) is 12.6. The van der Waals surface area contributed by atoms with Crippen LogP contribution in [0.1, 0.15) is 0 Å². The molecule has 0 radical (unpaired) electrons. The van der Waals surface area contributed by atoms with Crippen molar-refractivity contribution in [2.24, 2.45) is 0 Å². The molecule has 1 aromatic heterocycles. The number of aromatic nitrogens is 1. The number of benzene rings is 2. The van der Waals surface area contributed by atoms with Gasteiger partial charge in [-0.05, 0) is 42.5 Å². The second kappa shape index (κ2) is 5.23. The number of sulfone groups is 1. The van der Waals surface area contributed by atoms with Gasteiger partial charge in [0.25, 0.3) is 0 Å². The summed E-state index contributed by atoms with van der Waals surface area (Å²) in [5.74, 6) is -0.612. The predicted octanol–water partition coefficient (Wildman–Crippen LogP) is 3.15. The van der Waals surface area contributed by atoms with E-state index in [1.807, 2.05) is 0 Å². The van der Waals surface area contributed by atoms with E-state index in [9.17, 15) is 17.6 Å². The topological polar surface area (TPSA) is 67.0 Å². The van der Waals surface area contributed by atoms with Crippen molar-refractivity contribution in [2.75, 3.05) is 0 Å². The monoisotopic (exact) mass is 337 g/mol. The molecule has 112 valence electrons. The molecular formula is C15H9ClFNO3S. The molecule has 0 saturated heterocycles. The first-order chi connectivity index (χ1) is 10.4. The third-order valence-electron chi connectivity index (χ3n) is 3.22. The predicted molar refractivity (Wildman–Crippen MR) is 81.4 cm³/mol. The molecule has 0 saturated carbocycles. The van der Waals surface area contributed by atoms with Gasteiger partial charge in [0.15, 0.2) is 0 Å². The highest BCUT2D eigenvalue weighted by Gasteiger charge is 2.22. The zero-order chi connectivity index (χ0) is 15.9. The highest BCUT2D eigenvalue weighted by molar-refractivity contribution is 7.91. The molecule has 0 aliphatic heterocycles. The van der Waals surface area contributed by atoms with Gasteiger partial charge in [0.2, 0.25) is 15.3 Å². The van der Waals surface area contributed by atoms with E-state index in [2.05, 4.69) is 4.98 Å². The van der Waals surface area contributed by atoms with E-state index >= 15 is 0 Å². The number of aromatic amines is 1. The van der Waals surface area contributed by atoms with Crippen LogP contribution in [0.5, 0.6) is 0 Å². The fourth-order valence-electron chi connectivity index (χ4n) is 2.11. The van der Waals surface area contributed by atoms with Crippen LogP contribution in [-0.4, -0.2) is 13.4 Å². The second-order valence-electron chi connectivity index (χ2n) is 4.63. The average Bonchev–Trinajstić information content (AvgIpc) is 2.48. The molecule has 4 nitrogen and oxygen atoms in total. The summed E-state index contributed by atoms with van der Waals surface area (Å²) in [6.45, 7) is 0. The molecule has 0 spiro atoms. The maximum Gasteiger partial charge on any atom is 0.211 e. The first kappa shape index (κ1) is 14.7. The maximum absolute atomic E-state index is 13.3. The second-order valence-corrected chi connectivity index (χ2v) is 6.98. The van der Waals surface area contributed by atoms with Crippen molar-refractivity contribution in [2.45, 2.75) is 9.79 Å². The van der Waals surface area contributed by atoms with E-state index in [0.717, 1.165) is 12.3 Å². The molecule has 1 heterocycles. The number of halogens is 2. The van der Waals surface area contributed by atoms with Crippen LogP contribution >= 0.6 is 11.6 Å². The molecule has 0 aliphatic carbocycles. The molecular weight excluding hydrogens is 329 g/mol. The normalized spacial score (nSPS) is 11.7. The lowest BCUT2D eigenvalue weighted by Gasteiger charge is -2.06. The molecule has 3 aromatic rings. The summed E-state index contributed by atoms with van der Waals surface area (Å²) >= 11 is 5.73. The summed E-state index contributed by atoms with van der Waals surface area (Å²) in [4.78, 5) is 14.6. The Labute approximate surface area is 130 Å². The summed E-state index contributed by atoms with van der Waals surface area (Å²) < 4.78 is 38.4. The van der Waals surface area contributed by atoms with E-state index in [0.29, 0.717) is 10.5 Å². The summed E-state index contributed by atoms with van der Waals surface area (Å²) in [5.41, 5.74) is -0.385. The van der Waals surface area contributed by atoms with Gasteiger partial charge >= 0.3 is 0 Å². The standard InChI is InChI=1S/C15H9ClFNO3S/c16-9-1-4-11(5-2-9)22(20,21)14-8-18-13-6-3-10(17)7-12(13)15(14)19/h1-8H,(H,18,19). The highest BCUT2D eigenvalue weighted by atomic mass is 35.5. The molecule has 3 rings (SSSR count). The third-order valence-corrected chi connectivity index (χ3v) is 5.25. The van der Waals surface area contributed by atoms with Crippen molar-refractivity contribution in [3.8, 4) is 0 Å². The van der Waals surface area contributed by atoms with Crippen LogP contribution in [-0.2, 0) is 9.84 Å². The Kier molecular flexibility index (Phi) is 3.50. The lowest BCUT2D eigenvalue weighted by Crippen LogP contribution is -2.16. The van der Waals surface area contributed by atoms with Gasteiger partial charge < -0.3 is 4.98 Å². The minimum Gasteiger partial charge on any atom is -0.360 e. The fraction of sp³-hybridized carbons (Fsp3) is 0. The van der Waals surface area contributed by atoms with Crippen molar-refractivity contribution in [3.63, 3.8) is 0 Å². The van der Waals surface area contributed by atoms with Crippen LogP contribution < -0.4 is 5.43 Å². The number of rotatable bonds is 2. The van der Waals surface area contributed by atoms with Gasteiger partial charge in [0, 0.05) is 22.1 Å². The quantitative estimate of drug-likeness (QED) is 0.781. The van der Waals surface area contributed by atoms with E-state index < -0.39 is 26.0 Å². The van der Waals surface area contributed by atoms with Gasteiger partial charge in [0.05, 0.1) is 4.90 Å². The van der Waals surface area contributed by atoms with Crippen LogP contribution in [0.4, 0.5) is 4.39 Å². The molecule has 0 atom stereocenters. The van der Waals surface area contributed by atoms with Crippen molar-refractivity contribution in [1.29, 1.82) is 0 Å². The Hall–Kier alpha value is -2.18. The van der Waals surface area contributed by atoms with E-state index in [1.54, 1.807) is 0 Å². The van der Waals surface area contributed by atoms with Gasteiger partial charge in [-0.2, -0.15) is 0 Å². The van der Waals surface area contributed by atoms with Crippen LogP contribution in [0.3, 0.4) is 0 Å². The maximum atomic E-state index is 13.3. The SMILES string of the molecule is O=c1c(S(=O)(=O)c2ccc(Cl)cc2)c[nH]c2ccc(F)cc12. The highest BCUT2D eigenvalue weighted by Crippen LogP contribution is 2.21. The first-order valence-corrected chi connectivity index (χ1v) is 8.07. The summed E-state index contributed by atoms with van der Waals surface area (Å²) in [6.07, 6.45) is 1.12. The van der Waals surface area contributed by atoms with Gasteiger partial charge in [-0.15, -0.1) is 0 Å². The molecule has 0 amide bonds. The number of pyridine rings is 1. The van der Waals surface area contributed by atoms with Crippen LogP contribution in [0.25, 0.3) is 10.9 Å². The van der Waals surface area contributed by atoms with E-state index in [1.165, 1.54) is 36.4 Å². The molecule has 0 bridgehead atoms. The minimum absolute atomic E-state index is 0.0185. The molecule has 2 aromatic carbocycles. The summed E-state index contributed by atoms with van der Waals surface area (Å²) in [6, 6.07) is 9.04. The van der Waals surface area contributed by atoms with Crippen molar-refractivity contribution in [3.05, 3.63) is 69.7 Å². The third kappa shape index (κ3) is 2.40. The Morgan fingerprint density at radius 2 is 1.73 bits per heavy atom. The van der Waals surface area contributed by atoms with E-state index in [-0.39, 0.29) is 10.3 Å². The summed E-state index contributed by atoms with van der Waals surface area (Å²) in [5, 5.41) is 0.364. The Morgan fingerprint density at radius 3 is 2.41 bits per heavy atom. The smallest absolute Gasteiger partial charge is 0.211 e. The van der Waals surface area contributed by atoms with Crippen molar-refractivity contribution < 1.29 is 12.8 Å². The average molecular weight is 338 g/mol. The number of fused-ring (bicyclic) bond motifs is 1. The van der Waals surface area contributed by atoms with Crippen molar-refractivity contribution >= 4 is 32.3 Å². The van der Waals surface area contributed by atoms with Gasteiger partial charge in [-0.3, -0.25) is 4.79 Å². The number of nitrogens with one attached hydrogen (secondary N) is 1.